The van der Waals surface area contributed by atoms with E-state index < -0.39 is 36.9 Å². The van der Waals surface area contributed by atoms with E-state index in [4.69, 9.17) is 33.2 Å². The summed E-state index contributed by atoms with van der Waals surface area (Å²) in [5.74, 6) is -1.39. The molecule has 0 aliphatic carbocycles. The molecule has 7 heteroatoms. The van der Waals surface area contributed by atoms with Crippen LogP contribution in [0.1, 0.15) is 29.9 Å². The molecular formula is C29H30O7. The largest absolute Gasteiger partial charge is 0.346 e. The smallest absolute Gasteiger partial charge is 0.312 e. The molecule has 0 aromatic heterocycles. The first-order valence-corrected chi connectivity index (χ1v) is 12.4. The van der Waals surface area contributed by atoms with Crippen molar-refractivity contribution in [1.29, 1.82) is 0 Å². The Balaban J connectivity index is 1.30. The first kappa shape index (κ1) is 23.8. The lowest BCUT2D eigenvalue weighted by Crippen LogP contribution is -2.61. The summed E-state index contributed by atoms with van der Waals surface area (Å²) in [7, 11) is 0. The second-order valence-corrected chi connectivity index (χ2v) is 9.04. The Labute approximate surface area is 210 Å². The molecule has 188 valence electrons. The van der Waals surface area contributed by atoms with Crippen LogP contribution in [0.5, 0.6) is 0 Å². The van der Waals surface area contributed by atoms with Crippen molar-refractivity contribution in [1.82, 2.24) is 0 Å². The van der Waals surface area contributed by atoms with Gasteiger partial charge < -0.3 is 33.2 Å². The minimum Gasteiger partial charge on any atom is -0.346 e. The minimum absolute atomic E-state index is 0.342. The Morgan fingerprint density at radius 1 is 0.778 bits per heavy atom. The van der Waals surface area contributed by atoms with Gasteiger partial charge in [0.25, 0.3) is 0 Å². The second-order valence-electron chi connectivity index (χ2n) is 9.04. The van der Waals surface area contributed by atoms with E-state index in [1.807, 2.05) is 97.9 Å². The molecule has 0 radical (unpaired) electrons. The van der Waals surface area contributed by atoms with Crippen LogP contribution in [-0.4, -0.2) is 43.9 Å². The fourth-order valence-corrected chi connectivity index (χ4v) is 4.98. The SMILES string of the molecule is CCOC1(c2ccccc2)O[C@@H]2[C@H](O1)[C@H](OCc1ccccc1)O[C@@H]1COC(c3ccccc3)O[C@@H]21. The Bertz CT molecular complexity index is 1110. The van der Waals surface area contributed by atoms with E-state index in [-0.39, 0.29) is 6.10 Å². The van der Waals surface area contributed by atoms with Crippen LogP contribution in [0.15, 0.2) is 91.0 Å². The number of rotatable bonds is 7. The van der Waals surface area contributed by atoms with Crippen molar-refractivity contribution < 1.29 is 33.2 Å². The number of ether oxygens (including phenoxy) is 7. The predicted octanol–water partition coefficient (Wildman–Crippen LogP) is 4.67. The van der Waals surface area contributed by atoms with Gasteiger partial charge in [0.1, 0.15) is 24.4 Å². The quantitative estimate of drug-likeness (QED) is 0.477. The average Bonchev–Trinajstić information content (AvgIpc) is 3.34. The van der Waals surface area contributed by atoms with E-state index >= 15 is 0 Å². The lowest BCUT2D eigenvalue weighted by molar-refractivity contribution is -0.359. The number of hydrogen-bond acceptors (Lipinski definition) is 7. The maximum Gasteiger partial charge on any atom is 0.312 e. The third-order valence-corrected chi connectivity index (χ3v) is 6.66. The zero-order chi connectivity index (χ0) is 24.4. The molecular weight excluding hydrogens is 460 g/mol. The zero-order valence-electron chi connectivity index (χ0n) is 20.1. The van der Waals surface area contributed by atoms with Crippen LogP contribution in [0.2, 0.25) is 0 Å². The van der Waals surface area contributed by atoms with E-state index in [0.29, 0.717) is 19.8 Å². The van der Waals surface area contributed by atoms with Gasteiger partial charge >= 0.3 is 5.97 Å². The molecule has 3 fully saturated rings. The van der Waals surface area contributed by atoms with Crippen LogP contribution in [0, 0.1) is 0 Å². The van der Waals surface area contributed by atoms with Crippen LogP contribution in [0.3, 0.4) is 0 Å². The Kier molecular flexibility index (Phi) is 6.86. The lowest BCUT2D eigenvalue weighted by atomic mass is 9.98. The van der Waals surface area contributed by atoms with Gasteiger partial charge in [-0.15, -0.1) is 0 Å². The highest BCUT2D eigenvalue weighted by molar-refractivity contribution is 5.21. The Hall–Kier alpha value is -2.62. The monoisotopic (exact) mass is 490 g/mol. The molecule has 7 atom stereocenters. The fourth-order valence-electron chi connectivity index (χ4n) is 4.98. The lowest BCUT2D eigenvalue weighted by Gasteiger charge is -2.45. The van der Waals surface area contributed by atoms with Crippen molar-refractivity contribution in [2.75, 3.05) is 13.2 Å². The molecule has 3 aromatic carbocycles. The van der Waals surface area contributed by atoms with Crippen LogP contribution in [-0.2, 0) is 45.7 Å². The number of benzene rings is 3. The fraction of sp³-hybridized carbons (Fsp3) is 0.379. The van der Waals surface area contributed by atoms with E-state index in [2.05, 4.69) is 0 Å². The zero-order valence-corrected chi connectivity index (χ0v) is 20.1. The molecule has 2 unspecified atom stereocenters. The van der Waals surface area contributed by atoms with E-state index in [0.717, 1.165) is 16.7 Å². The highest BCUT2D eigenvalue weighted by atomic mass is 16.9. The van der Waals surface area contributed by atoms with E-state index in [1.165, 1.54) is 0 Å². The average molecular weight is 491 g/mol. The molecule has 0 N–H and O–H groups in total. The van der Waals surface area contributed by atoms with Crippen molar-refractivity contribution in [2.45, 2.75) is 56.5 Å². The van der Waals surface area contributed by atoms with Crippen molar-refractivity contribution in [2.24, 2.45) is 0 Å². The third kappa shape index (κ3) is 4.60. The molecule has 7 nitrogen and oxygen atoms in total. The van der Waals surface area contributed by atoms with Gasteiger partial charge in [-0.05, 0) is 12.5 Å². The molecule has 3 aliphatic rings. The van der Waals surface area contributed by atoms with Crippen molar-refractivity contribution >= 4 is 0 Å². The number of fused-ring (bicyclic) bond motifs is 3. The van der Waals surface area contributed by atoms with Crippen LogP contribution >= 0.6 is 0 Å². The van der Waals surface area contributed by atoms with Gasteiger partial charge in [0.15, 0.2) is 12.6 Å². The van der Waals surface area contributed by atoms with Gasteiger partial charge in [0.2, 0.25) is 0 Å². The minimum atomic E-state index is -1.39. The summed E-state index contributed by atoms with van der Waals surface area (Å²) in [5.41, 5.74) is 2.75. The van der Waals surface area contributed by atoms with Gasteiger partial charge in [-0.1, -0.05) is 91.0 Å². The second kappa shape index (κ2) is 10.4. The summed E-state index contributed by atoms with van der Waals surface area (Å²) in [6.45, 7) is 3.03. The summed E-state index contributed by atoms with van der Waals surface area (Å²) in [4.78, 5) is 0. The first-order chi connectivity index (χ1) is 17.8. The molecule has 0 saturated carbocycles. The van der Waals surface area contributed by atoms with Gasteiger partial charge in [-0.3, -0.25) is 0 Å². The normalized spacial score (nSPS) is 33.6. The van der Waals surface area contributed by atoms with Gasteiger partial charge in [0, 0.05) is 17.7 Å². The summed E-state index contributed by atoms with van der Waals surface area (Å²) in [6.07, 6.45) is -3.10. The predicted molar refractivity (Wildman–Crippen MR) is 129 cm³/mol. The first-order valence-electron chi connectivity index (χ1n) is 12.4. The third-order valence-electron chi connectivity index (χ3n) is 6.66. The van der Waals surface area contributed by atoms with E-state index in [1.54, 1.807) is 0 Å². The summed E-state index contributed by atoms with van der Waals surface area (Å²) in [5, 5.41) is 0. The van der Waals surface area contributed by atoms with Gasteiger partial charge in [-0.25, -0.2) is 0 Å². The Morgan fingerprint density at radius 3 is 2.17 bits per heavy atom. The standard InChI is InChI=1S/C29H30O7/c1-2-32-29(22-16-10-5-11-17-22)35-25-24-23(19-31-27(34-24)21-14-8-4-9-15-21)33-28(26(25)36-29)30-18-20-12-6-3-7-13-20/h3-17,23-28H,2,18-19H2,1H3/t23-,24-,25+,26+,27?,28-,29?/m1/s1. The summed E-state index contributed by atoms with van der Waals surface area (Å²) >= 11 is 0. The van der Waals surface area contributed by atoms with Crippen molar-refractivity contribution in [3.63, 3.8) is 0 Å². The van der Waals surface area contributed by atoms with E-state index in [9.17, 15) is 0 Å². The maximum atomic E-state index is 6.63. The molecule has 6 rings (SSSR count). The molecule has 3 aromatic rings. The molecule has 0 amide bonds. The maximum absolute atomic E-state index is 6.63. The van der Waals surface area contributed by atoms with Crippen molar-refractivity contribution in [3.8, 4) is 0 Å². The molecule has 0 bridgehead atoms. The molecule has 3 aliphatic heterocycles. The molecule has 0 spiro atoms. The molecule has 3 heterocycles. The topological polar surface area (TPSA) is 64.6 Å². The van der Waals surface area contributed by atoms with Gasteiger partial charge in [-0.2, -0.15) is 0 Å². The highest BCUT2D eigenvalue weighted by Crippen LogP contribution is 2.47. The summed E-state index contributed by atoms with van der Waals surface area (Å²) in [6, 6.07) is 29.5. The van der Waals surface area contributed by atoms with Gasteiger partial charge in [0.05, 0.1) is 13.2 Å². The highest BCUT2D eigenvalue weighted by Gasteiger charge is 2.61. The van der Waals surface area contributed by atoms with Crippen molar-refractivity contribution in [3.05, 3.63) is 108 Å². The molecule has 3 saturated heterocycles. The van der Waals surface area contributed by atoms with Crippen LogP contribution < -0.4 is 0 Å². The summed E-state index contributed by atoms with van der Waals surface area (Å²) < 4.78 is 44.4. The van der Waals surface area contributed by atoms with Crippen LogP contribution in [0.4, 0.5) is 0 Å². The number of hydrogen-bond donors (Lipinski definition) is 0. The molecule has 36 heavy (non-hydrogen) atoms. The van der Waals surface area contributed by atoms with Crippen LogP contribution in [0.25, 0.3) is 0 Å². The Morgan fingerprint density at radius 2 is 1.44 bits per heavy atom.